The van der Waals surface area contributed by atoms with Crippen LogP contribution >= 0.6 is 0 Å². The molecule has 2 aromatic heterocycles. The number of hydrogen-bond donors (Lipinski definition) is 1. The normalized spacial score (nSPS) is 12.6. The summed E-state index contributed by atoms with van der Waals surface area (Å²) < 4.78 is 6.28. The van der Waals surface area contributed by atoms with E-state index < -0.39 is 4.92 Å². The topological polar surface area (TPSA) is 94.6 Å². The summed E-state index contributed by atoms with van der Waals surface area (Å²) in [5.74, 6) is 0.376. The first-order valence-corrected chi connectivity index (χ1v) is 5.37. The predicted octanol–water partition coefficient (Wildman–Crippen LogP) is 1.08. The van der Waals surface area contributed by atoms with Gasteiger partial charge in [0.2, 0.25) is 5.65 Å². The summed E-state index contributed by atoms with van der Waals surface area (Å²) in [5, 5.41) is 17.9. The van der Waals surface area contributed by atoms with Crippen molar-refractivity contribution in [3.05, 3.63) is 28.4 Å². The molecule has 0 saturated carbocycles. The first kappa shape index (κ1) is 12.2. The molecule has 2 heterocycles. The third kappa shape index (κ3) is 2.38. The van der Waals surface area contributed by atoms with Crippen molar-refractivity contribution in [2.75, 3.05) is 19.0 Å². The molecule has 2 rings (SSSR count). The zero-order valence-electron chi connectivity index (χ0n) is 10.0. The molecule has 8 heteroatoms. The van der Waals surface area contributed by atoms with Crippen LogP contribution in [-0.2, 0) is 4.74 Å². The lowest BCUT2D eigenvalue weighted by molar-refractivity contribution is -0.391. The Morgan fingerprint density at radius 1 is 1.61 bits per heavy atom. The molecule has 18 heavy (non-hydrogen) atoms. The molecule has 0 aliphatic rings. The van der Waals surface area contributed by atoms with Crippen LogP contribution in [0, 0.1) is 10.1 Å². The van der Waals surface area contributed by atoms with Crippen molar-refractivity contribution >= 4 is 17.3 Å². The van der Waals surface area contributed by atoms with Crippen LogP contribution in [0.2, 0.25) is 0 Å². The Kier molecular flexibility index (Phi) is 3.38. The fraction of sp³-hybridized carbons (Fsp3) is 0.400. The Labute approximate surface area is 103 Å². The molecule has 0 fully saturated rings. The molecule has 0 aromatic carbocycles. The molecule has 0 spiro atoms. The first-order valence-electron chi connectivity index (χ1n) is 5.37. The maximum absolute atomic E-state index is 10.8. The average molecular weight is 251 g/mol. The van der Waals surface area contributed by atoms with Gasteiger partial charge in [-0.1, -0.05) is 9.61 Å². The van der Waals surface area contributed by atoms with Gasteiger partial charge in [0.05, 0.1) is 6.10 Å². The Bertz CT molecular complexity index is 568. The SMILES string of the molecule is COC(C)CNc1ccc2ncc([N+](=O)[O-])n2n1. The molecular weight excluding hydrogens is 238 g/mol. The summed E-state index contributed by atoms with van der Waals surface area (Å²) in [7, 11) is 1.61. The number of aromatic nitrogens is 3. The van der Waals surface area contributed by atoms with Crippen molar-refractivity contribution in [2.24, 2.45) is 0 Å². The van der Waals surface area contributed by atoms with E-state index in [0.717, 1.165) is 0 Å². The van der Waals surface area contributed by atoms with E-state index in [1.165, 1.54) is 10.7 Å². The van der Waals surface area contributed by atoms with E-state index in [9.17, 15) is 10.1 Å². The third-order valence-corrected chi connectivity index (χ3v) is 2.50. The number of hydrogen-bond acceptors (Lipinski definition) is 6. The lowest BCUT2D eigenvalue weighted by Crippen LogP contribution is -2.19. The average Bonchev–Trinajstić information content (AvgIpc) is 2.78. The van der Waals surface area contributed by atoms with Crippen molar-refractivity contribution in [3.8, 4) is 0 Å². The molecule has 2 aromatic rings. The number of nitrogens with zero attached hydrogens (tertiary/aromatic N) is 4. The fourth-order valence-electron chi connectivity index (χ4n) is 1.41. The highest BCUT2D eigenvalue weighted by Gasteiger charge is 2.15. The number of imidazole rings is 1. The molecular formula is C10H13N5O3. The van der Waals surface area contributed by atoms with Gasteiger partial charge in [0, 0.05) is 19.7 Å². The molecule has 1 unspecified atom stereocenters. The van der Waals surface area contributed by atoms with Gasteiger partial charge in [0.25, 0.3) is 0 Å². The van der Waals surface area contributed by atoms with Gasteiger partial charge in [0.15, 0.2) is 5.82 Å². The highest BCUT2D eigenvalue weighted by Crippen LogP contribution is 2.14. The lowest BCUT2D eigenvalue weighted by Gasteiger charge is -2.10. The van der Waals surface area contributed by atoms with Crippen LogP contribution in [0.3, 0.4) is 0 Å². The molecule has 96 valence electrons. The van der Waals surface area contributed by atoms with Gasteiger partial charge in [-0.2, -0.15) is 0 Å². The first-order chi connectivity index (χ1) is 8.61. The quantitative estimate of drug-likeness (QED) is 0.631. The van der Waals surface area contributed by atoms with E-state index in [-0.39, 0.29) is 11.9 Å². The van der Waals surface area contributed by atoms with Crippen LogP contribution in [0.15, 0.2) is 18.3 Å². The summed E-state index contributed by atoms with van der Waals surface area (Å²) in [5.41, 5.74) is 0.437. The van der Waals surface area contributed by atoms with Crippen LogP contribution < -0.4 is 5.32 Å². The van der Waals surface area contributed by atoms with Gasteiger partial charge in [-0.3, -0.25) is 0 Å². The minimum absolute atomic E-state index is 0.0280. The summed E-state index contributed by atoms with van der Waals surface area (Å²) in [6.07, 6.45) is 1.21. The third-order valence-electron chi connectivity index (χ3n) is 2.50. The van der Waals surface area contributed by atoms with Crippen LogP contribution in [0.4, 0.5) is 11.6 Å². The molecule has 0 radical (unpaired) electrons. The smallest absolute Gasteiger partial charge is 0.368 e. The Balaban J connectivity index is 2.25. The minimum Gasteiger partial charge on any atom is -0.380 e. The highest BCUT2D eigenvalue weighted by molar-refractivity contribution is 5.48. The largest absolute Gasteiger partial charge is 0.380 e. The predicted molar refractivity (Wildman–Crippen MR) is 64.6 cm³/mol. The van der Waals surface area contributed by atoms with E-state index in [2.05, 4.69) is 15.4 Å². The molecule has 8 nitrogen and oxygen atoms in total. The van der Waals surface area contributed by atoms with E-state index in [1.54, 1.807) is 19.2 Å². The van der Waals surface area contributed by atoms with Crippen LogP contribution in [-0.4, -0.2) is 39.3 Å². The second kappa shape index (κ2) is 4.96. The van der Waals surface area contributed by atoms with Gasteiger partial charge < -0.3 is 20.2 Å². The van der Waals surface area contributed by atoms with Crippen molar-refractivity contribution in [2.45, 2.75) is 13.0 Å². The number of nitrogens with one attached hydrogen (secondary N) is 1. The van der Waals surface area contributed by atoms with Crippen molar-refractivity contribution < 1.29 is 9.66 Å². The maximum Gasteiger partial charge on any atom is 0.368 e. The number of anilines is 1. The minimum atomic E-state index is -0.519. The van der Waals surface area contributed by atoms with Gasteiger partial charge in [-0.05, 0) is 17.9 Å². The van der Waals surface area contributed by atoms with E-state index in [0.29, 0.717) is 18.0 Å². The molecule has 1 atom stereocenters. The summed E-state index contributed by atoms with van der Waals surface area (Å²) in [6, 6.07) is 3.38. The van der Waals surface area contributed by atoms with Crippen molar-refractivity contribution in [3.63, 3.8) is 0 Å². The second-order valence-electron chi connectivity index (χ2n) is 3.79. The van der Waals surface area contributed by atoms with Crippen molar-refractivity contribution in [1.29, 1.82) is 0 Å². The van der Waals surface area contributed by atoms with E-state index >= 15 is 0 Å². The number of nitro groups is 1. The number of rotatable bonds is 5. The standard InChI is InChI=1S/C10H13N5O3/c1-7(18-2)5-11-8-3-4-9-12-6-10(15(16)17)14(9)13-8/h3-4,6-7H,5H2,1-2H3,(H,11,13). The fourth-order valence-corrected chi connectivity index (χ4v) is 1.41. The van der Waals surface area contributed by atoms with Crippen LogP contribution in [0.1, 0.15) is 6.92 Å². The molecule has 0 amide bonds. The zero-order valence-corrected chi connectivity index (χ0v) is 10.0. The molecule has 1 N–H and O–H groups in total. The Morgan fingerprint density at radius 3 is 3.06 bits per heavy atom. The van der Waals surface area contributed by atoms with Gasteiger partial charge >= 0.3 is 5.82 Å². The molecule has 0 bridgehead atoms. The number of fused-ring (bicyclic) bond motifs is 1. The van der Waals surface area contributed by atoms with Gasteiger partial charge in [-0.15, -0.1) is 0 Å². The number of ether oxygens (including phenoxy) is 1. The van der Waals surface area contributed by atoms with E-state index in [1.807, 2.05) is 6.92 Å². The van der Waals surface area contributed by atoms with Gasteiger partial charge in [-0.25, -0.2) is 4.98 Å². The van der Waals surface area contributed by atoms with Crippen molar-refractivity contribution in [1.82, 2.24) is 14.6 Å². The highest BCUT2D eigenvalue weighted by atomic mass is 16.6. The second-order valence-corrected chi connectivity index (χ2v) is 3.79. The molecule has 0 saturated heterocycles. The van der Waals surface area contributed by atoms with E-state index in [4.69, 9.17) is 4.74 Å². The summed E-state index contributed by atoms with van der Waals surface area (Å²) in [4.78, 5) is 14.1. The summed E-state index contributed by atoms with van der Waals surface area (Å²) in [6.45, 7) is 2.47. The summed E-state index contributed by atoms with van der Waals surface area (Å²) >= 11 is 0. The zero-order chi connectivity index (χ0) is 13.1. The van der Waals surface area contributed by atoms with Crippen LogP contribution in [0.5, 0.6) is 0 Å². The Morgan fingerprint density at radius 2 is 2.39 bits per heavy atom. The number of methoxy groups -OCH3 is 1. The van der Waals surface area contributed by atoms with Gasteiger partial charge in [0.1, 0.15) is 6.20 Å². The molecule has 0 aliphatic heterocycles. The Hall–Kier alpha value is -2.22. The van der Waals surface area contributed by atoms with Crippen LogP contribution in [0.25, 0.3) is 5.65 Å². The monoisotopic (exact) mass is 251 g/mol. The molecule has 0 aliphatic carbocycles. The maximum atomic E-state index is 10.8. The lowest BCUT2D eigenvalue weighted by atomic mass is 10.4.